The van der Waals surface area contributed by atoms with Gasteiger partial charge in [0.25, 0.3) is 0 Å². The van der Waals surface area contributed by atoms with E-state index in [9.17, 15) is 4.79 Å². The maximum atomic E-state index is 11.5. The molecule has 1 aromatic rings. The van der Waals surface area contributed by atoms with E-state index in [-0.39, 0.29) is 9.41 Å². The molecule has 2 rings (SSSR count). The van der Waals surface area contributed by atoms with Crippen LogP contribution in [0.15, 0.2) is 30.3 Å². The first kappa shape index (κ1) is 11.6. The van der Waals surface area contributed by atoms with Gasteiger partial charge in [-0.15, -0.1) is 0 Å². The average Bonchev–Trinajstić information content (AvgIpc) is 2.62. The Hall–Kier alpha value is 0.0931. The summed E-state index contributed by atoms with van der Waals surface area (Å²) in [4.78, 5) is 11.5. The first-order valence-corrected chi connectivity index (χ1v) is 12.2. The van der Waals surface area contributed by atoms with Crippen molar-refractivity contribution in [1.82, 2.24) is 0 Å². The van der Waals surface area contributed by atoms with Crippen LogP contribution < -0.4 is 0 Å². The number of fused-ring (bicyclic) bond motifs is 1. The van der Waals surface area contributed by atoms with Gasteiger partial charge in [0.15, 0.2) is 0 Å². The van der Waals surface area contributed by atoms with Crippen LogP contribution in [0.1, 0.15) is 23.5 Å². The third-order valence-corrected chi connectivity index (χ3v) is 6.55. The monoisotopic (exact) mass is 317 g/mol. The average molecular weight is 319 g/mol. The Morgan fingerprint density at radius 3 is 2.80 bits per heavy atom. The predicted molar refractivity (Wildman–Crippen MR) is 59.5 cm³/mol. The molecule has 0 aliphatic heterocycles. The van der Waals surface area contributed by atoms with Gasteiger partial charge in [0.2, 0.25) is 0 Å². The Morgan fingerprint density at radius 1 is 1.33 bits per heavy atom. The topological polar surface area (TPSA) is 17.1 Å². The molecular weight excluding hydrogens is 310 g/mol. The van der Waals surface area contributed by atoms with Crippen LogP contribution in [0.25, 0.3) is 6.08 Å². The van der Waals surface area contributed by atoms with Gasteiger partial charge in [-0.25, -0.2) is 0 Å². The molecule has 0 fully saturated rings. The van der Waals surface area contributed by atoms with E-state index in [1.54, 1.807) is 0 Å². The fourth-order valence-electron chi connectivity index (χ4n) is 1.78. The van der Waals surface area contributed by atoms with Gasteiger partial charge >= 0.3 is 105 Å². The van der Waals surface area contributed by atoms with Gasteiger partial charge in [-0.2, -0.15) is 0 Å². The minimum absolute atomic E-state index is 0.0760. The van der Waals surface area contributed by atoms with Crippen molar-refractivity contribution in [2.24, 2.45) is 0 Å². The molecule has 0 saturated carbocycles. The fraction of sp³-hybridized carbons (Fsp3) is 0.182. The molecule has 4 heteroatoms. The second-order valence-corrected chi connectivity index (χ2v) is 11.7. The number of rotatable bonds is 3. The van der Waals surface area contributed by atoms with Crippen molar-refractivity contribution < 1.29 is 24.2 Å². The summed E-state index contributed by atoms with van der Waals surface area (Å²) in [6, 6.07) is 8.10. The second-order valence-electron chi connectivity index (χ2n) is 3.48. The van der Waals surface area contributed by atoms with Gasteiger partial charge in [-0.05, 0) is 0 Å². The molecule has 15 heavy (non-hydrogen) atoms. The van der Waals surface area contributed by atoms with Crippen molar-refractivity contribution in [2.75, 3.05) is 0 Å². The van der Waals surface area contributed by atoms with Crippen molar-refractivity contribution >= 4 is 26.6 Å². The quantitative estimate of drug-likeness (QED) is 0.831. The van der Waals surface area contributed by atoms with Crippen LogP contribution in [-0.2, 0) is 24.2 Å². The van der Waals surface area contributed by atoms with Crippen LogP contribution in [0.4, 0.5) is 0 Å². The van der Waals surface area contributed by atoms with Gasteiger partial charge in [0.1, 0.15) is 0 Å². The van der Waals surface area contributed by atoms with E-state index in [0.717, 1.165) is 0 Å². The predicted octanol–water partition coefficient (Wildman–Crippen LogP) is 3.64. The third-order valence-electron chi connectivity index (χ3n) is 2.52. The van der Waals surface area contributed by atoms with Crippen LogP contribution in [0, 0.1) is 0 Å². The Morgan fingerprint density at radius 2 is 2.07 bits per heavy atom. The zero-order chi connectivity index (χ0) is 10.8. The van der Waals surface area contributed by atoms with Crippen LogP contribution in [0.3, 0.4) is 0 Å². The molecule has 0 spiro atoms. The molecule has 0 N–H and O–H groups in total. The molecule has 1 unspecified atom stereocenters. The third kappa shape index (κ3) is 2.61. The summed E-state index contributed by atoms with van der Waals surface area (Å²) >= 11 is -2.68. The molecule has 0 radical (unpaired) electrons. The number of allylic oxidation sites excluding steroid dienone is 1. The maximum absolute atomic E-state index is 11.5. The minimum atomic E-state index is -2.68. The molecule has 1 aliphatic carbocycles. The zero-order valence-electron chi connectivity index (χ0n) is 7.91. The fourth-order valence-corrected chi connectivity index (χ4v) is 3.61. The molecule has 1 aliphatic rings. The molecule has 0 saturated heterocycles. The molecular formula is C11H9Cl2OZr. The van der Waals surface area contributed by atoms with Crippen LogP contribution in [0.5, 0.6) is 0 Å². The number of benzene rings is 1. The molecule has 1 atom stereocenters. The standard InChI is InChI=1S/C11H9O.2ClH.Zr/c12-8-7-10-6-5-9-3-1-2-4-11(9)10;;;/h1-6,10H,7H2;2*1H;/q;;;+2/p-2. The summed E-state index contributed by atoms with van der Waals surface area (Å²) in [5, 5.41) is 0. The van der Waals surface area contributed by atoms with Crippen molar-refractivity contribution in [2.45, 2.75) is 12.3 Å². The van der Waals surface area contributed by atoms with E-state index in [2.05, 4.69) is 24.3 Å². The van der Waals surface area contributed by atoms with E-state index in [1.165, 1.54) is 11.1 Å². The number of hydrogen-bond acceptors (Lipinski definition) is 1. The van der Waals surface area contributed by atoms with E-state index < -0.39 is 19.4 Å². The van der Waals surface area contributed by atoms with Crippen LogP contribution in [0.2, 0.25) is 0 Å². The number of carbonyl (C=O) groups excluding carboxylic acids is 1. The van der Waals surface area contributed by atoms with Crippen LogP contribution in [-0.4, -0.2) is 3.49 Å². The van der Waals surface area contributed by atoms with Gasteiger partial charge in [-0.3, -0.25) is 0 Å². The van der Waals surface area contributed by atoms with Crippen LogP contribution >= 0.6 is 17.0 Å². The first-order valence-electron chi connectivity index (χ1n) is 4.67. The Bertz CT molecular complexity index is 415. The Labute approximate surface area is 104 Å². The van der Waals surface area contributed by atoms with E-state index >= 15 is 0 Å². The first-order chi connectivity index (χ1) is 7.18. The summed E-state index contributed by atoms with van der Waals surface area (Å²) in [5.74, 6) is 0.182. The molecule has 0 bridgehead atoms. The Balaban J connectivity index is 2.15. The van der Waals surface area contributed by atoms with Gasteiger partial charge < -0.3 is 0 Å². The van der Waals surface area contributed by atoms with Gasteiger partial charge in [-0.1, -0.05) is 0 Å². The van der Waals surface area contributed by atoms with Gasteiger partial charge in [0.05, 0.1) is 0 Å². The van der Waals surface area contributed by atoms with Crippen molar-refractivity contribution in [3.8, 4) is 0 Å². The molecule has 0 heterocycles. The summed E-state index contributed by atoms with van der Waals surface area (Å²) in [7, 11) is 11.4. The van der Waals surface area contributed by atoms with E-state index in [1.807, 2.05) is 12.1 Å². The van der Waals surface area contributed by atoms with Crippen molar-refractivity contribution in [1.29, 1.82) is 0 Å². The van der Waals surface area contributed by atoms with E-state index in [0.29, 0.717) is 6.42 Å². The zero-order valence-corrected chi connectivity index (χ0v) is 11.9. The summed E-state index contributed by atoms with van der Waals surface area (Å²) in [5.41, 5.74) is 2.41. The Kier molecular flexibility index (Phi) is 3.82. The summed E-state index contributed by atoms with van der Waals surface area (Å²) < 4.78 is 0.0760. The molecule has 1 nitrogen and oxygen atoms in total. The number of hydrogen-bond donors (Lipinski definition) is 0. The molecule has 0 amide bonds. The van der Waals surface area contributed by atoms with E-state index in [4.69, 9.17) is 17.0 Å². The molecule has 0 aromatic heterocycles. The van der Waals surface area contributed by atoms with Gasteiger partial charge in [0, 0.05) is 0 Å². The number of halogens is 2. The number of carbonyl (C=O) groups is 1. The summed E-state index contributed by atoms with van der Waals surface area (Å²) in [6.07, 6.45) is 4.58. The normalized spacial score (nSPS) is 17.6. The van der Waals surface area contributed by atoms with Crippen molar-refractivity contribution in [3.05, 3.63) is 41.5 Å². The molecule has 77 valence electrons. The summed E-state index contributed by atoms with van der Waals surface area (Å²) in [6.45, 7) is 0. The SMILES string of the molecule is O=[C](CC1C=Cc2ccccc21)[Zr]([Cl])[Cl]. The van der Waals surface area contributed by atoms with Crippen molar-refractivity contribution in [3.63, 3.8) is 0 Å². The second kappa shape index (κ2) is 4.95. The molecule has 1 aromatic carbocycles.